The van der Waals surface area contributed by atoms with Crippen molar-refractivity contribution in [2.45, 2.75) is 12.6 Å². The molecule has 0 bridgehead atoms. The number of aliphatic hydroxyl groups excluding tert-OH is 1. The summed E-state index contributed by atoms with van der Waals surface area (Å²) >= 11 is 7.13. The Hall–Kier alpha value is -2.95. The molecule has 29 heavy (non-hydrogen) atoms. The Morgan fingerprint density at radius 3 is 2.97 bits per heavy atom. The second-order valence-electron chi connectivity index (χ2n) is 6.68. The van der Waals surface area contributed by atoms with Crippen LogP contribution in [-0.4, -0.2) is 46.6 Å². The van der Waals surface area contributed by atoms with E-state index in [1.54, 1.807) is 27.7 Å². The number of anilines is 1. The van der Waals surface area contributed by atoms with E-state index in [2.05, 4.69) is 25.5 Å². The van der Waals surface area contributed by atoms with E-state index in [4.69, 9.17) is 11.6 Å². The molecule has 0 amide bonds. The highest BCUT2D eigenvalue weighted by Gasteiger charge is 2.18. The first-order valence-corrected chi connectivity index (χ1v) is 10.2. The Morgan fingerprint density at radius 2 is 2.21 bits per heavy atom. The van der Waals surface area contributed by atoms with Crippen LogP contribution in [0.4, 0.5) is 5.69 Å². The first-order chi connectivity index (χ1) is 14.0. The maximum atomic E-state index is 12.8. The summed E-state index contributed by atoms with van der Waals surface area (Å²) in [5.41, 5.74) is 3.00. The number of aliphatic hydroxyl groups is 1. The summed E-state index contributed by atoms with van der Waals surface area (Å²) in [6.45, 7) is 0. The second kappa shape index (κ2) is 6.83. The molecule has 1 unspecified atom stereocenters. The van der Waals surface area contributed by atoms with Crippen molar-refractivity contribution in [2.75, 3.05) is 11.2 Å². The van der Waals surface area contributed by atoms with Gasteiger partial charge in [-0.15, -0.1) is 22.9 Å². The molecule has 9 nitrogen and oxygen atoms in total. The first-order valence-electron chi connectivity index (χ1n) is 8.87. The molecule has 0 aliphatic rings. The van der Waals surface area contributed by atoms with E-state index in [0.29, 0.717) is 39.9 Å². The molecular formula is C18H16ClN7O2S. The summed E-state index contributed by atoms with van der Waals surface area (Å²) in [5.74, 6) is 0.332. The van der Waals surface area contributed by atoms with Crippen molar-refractivity contribution in [1.29, 1.82) is 0 Å². The van der Waals surface area contributed by atoms with Gasteiger partial charge in [-0.3, -0.25) is 14.5 Å². The van der Waals surface area contributed by atoms with Crippen LogP contribution in [0.15, 0.2) is 35.6 Å². The number of rotatable bonds is 5. The number of halogens is 1. The number of aryl methyl sites for hydroxylation is 1. The highest BCUT2D eigenvalue weighted by Crippen LogP contribution is 2.33. The van der Waals surface area contributed by atoms with E-state index in [1.807, 2.05) is 19.4 Å². The summed E-state index contributed by atoms with van der Waals surface area (Å²) < 4.78 is 3.44. The van der Waals surface area contributed by atoms with Crippen LogP contribution < -0.4 is 10.9 Å². The molecule has 0 aromatic carbocycles. The van der Waals surface area contributed by atoms with Crippen molar-refractivity contribution in [2.24, 2.45) is 7.05 Å². The van der Waals surface area contributed by atoms with Gasteiger partial charge in [0, 0.05) is 37.3 Å². The fourth-order valence-electron chi connectivity index (χ4n) is 3.28. The van der Waals surface area contributed by atoms with E-state index in [-0.39, 0.29) is 5.56 Å². The van der Waals surface area contributed by atoms with E-state index in [9.17, 15) is 9.90 Å². The van der Waals surface area contributed by atoms with Gasteiger partial charge in [0.1, 0.15) is 27.5 Å². The van der Waals surface area contributed by atoms with Gasteiger partial charge >= 0.3 is 0 Å². The van der Waals surface area contributed by atoms with Crippen molar-refractivity contribution >= 4 is 55.4 Å². The Balaban J connectivity index is 1.64. The van der Waals surface area contributed by atoms with Crippen LogP contribution in [0, 0.1) is 0 Å². The number of nitrogens with zero attached hydrogens (tertiary/aromatic N) is 5. The van der Waals surface area contributed by atoms with Gasteiger partial charge in [0.2, 0.25) is 0 Å². The molecular weight excluding hydrogens is 414 g/mol. The molecule has 0 aliphatic carbocycles. The molecule has 5 rings (SSSR count). The number of alkyl halides is 1. The maximum Gasteiger partial charge on any atom is 0.261 e. The van der Waals surface area contributed by atoms with Crippen LogP contribution >= 0.6 is 22.9 Å². The van der Waals surface area contributed by atoms with Crippen LogP contribution in [0.25, 0.3) is 37.2 Å². The van der Waals surface area contributed by atoms with Gasteiger partial charge in [0.05, 0.1) is 28.5 Å². The lowest BCUT2D eigenvalue weighted by atomic mass is 10.2. The molecule has 5 aromatic rings. The van der Waals surface area contributed by atoms with Gasteiger partial charge in [-0.05, 0) is 6.07 Å². The van der Waals surface area contributed by atoms with Crippen LogP contribution in [-0.2, 0) is 7.05 Å². The predicted molar refractivity (Wildman–Crippen MR) is 114 cm³/mol. The topological polar surface area (TPSA) is 113 Å². The number of pyridine rings is 2. The summed E-state index contributed by atoms with van der Waals surface area (Å²) in [6.07, 6.45) is 6.80. The quantitative estimate of drug-likeness (QED) is 0.292. The van der Waals surface area contributed by atoms with Crippen LogP contribution in [0.3, 0.4) is 0 Å². The van der Waals surface area contributed by atoms with Crippen LogP contribution in [0.5, 0.6) is 0 Å². The van der Waals surface area contributed by atoms with Gasteiger partial charge in [0.15, 0.2) is 0 Å². The molecule has 0 spiro atoms. The molecule has 5 aromatic heterocycles. The van der Waals surface area contributed by atoms with Crippen molar-refractivity contribution < 1.29 is 5.11 Å². The van der Waals surface area contributed by atoms with Crippen molar-refractivity contribution in [3.05, 3.63) is 41.2 Å². The van der Waals surface area contributed by atoms with Crippen LogP contribution in [0.1, 0.15) is 6.42 Å². The van der Waals surface area contributed by atoms with Gasteiger partial charge in [0.25, 0.3) is 5.56 Å². The predicted octanol–water partition coefficient (Wildman–Crippen LogP) is 2.55. The van der Waals surface area contributed by atoms with Gasteiger partial charge < -0.3 is 15.4 Å². The Kier molecular flexibility index (Phi) is 4.26. The molecule has 3 N–H and O–H groups in total. The Labute approximate surface area is 172 Å². The minimum absolute atomic E-state index is 0.234. The number of hydrogen-bond acceptors (Lipinski definition) is 7. The number of H-pyrrole nitrogens is 1. The number of fused-ring (bicyclic) bond motifs is 5. The lowest BCUT2D eigenvalue weighted by Crippen LogP contribution is -2.19. The molecule has 11 heteroatoms. The van der Waals surface area contributed by atoms with E-state index in [1.165, 1.54) is 11.3 Å². The molecule has 1 atom stereocenters. The fraction of sp³-hybridized carbons (Fsp3) is 0.222. The maximum absolute atomic E-state index is 12.8. The van der Waals surface area contributed by atoms with Crippen molar-refractivity contribution in [1.82, 2.24) is 29.4 Å². The lowest BCUT2D eigenvalue weighted by Gasteiger charge is -2.12. The zero-order valence-corrected chi connectivity index (χ0v) is 16.8. The average Bonchev–Trinajstić information content (AvgIpc) is 3.35. The lowest BCUT2D eigenvalue weighted by molar-refractivity contribution is 0.200. The molecule has 0 aliphatic heterocycles. The summed E-state index contributed by atoms with van der Waals surface area (Å²) in [5, 5.41) is 22.1. The van der Waals surface area contributed by atoms with Crippen LogP contribution in [0.2, 0.25) is 0 Å². The Bertz CT molecular complexity index is 1420. The fourth-order valence-corrected chi connectivity index (χ4v) is 4.55. The van der Waals surface area contributed by atoms with Gasteiger partial charge in [-0.2, -0.15) is 10.2 Å². The van der Waals surface area contributed by atoms with Gasteiger partial charge in [-0.1, -0.05) is 0 Å². The molecule has 0 radical (unpaired) electrons. The first kappa shape index (κ1) is 18.1. The monoisotopic (exact) mass is 429 g/mol. The van der Waals surface area contributed by atoms with Crippen molar-refractivity contribution in [3.63, 3.8) is 0 Å². The highest BCUT2D eigenvalue weighted by atomic mass is 35.5. The third kappa shape index (κ3) is 3.05. The average molecular weight is 430 g/mol. The third-order valence-corrected chi connectivity index (χ3v) is 5.97. The highest BCUT2D eigenvalue weighted by molar-refractivity contribution is 7.21. The largest absolute Gasteiger partial charge is 0.374 e. The summed E-state index contributed by atoms with van der Waals surface area (Å²) in [6, 6.07) is 1.73. The van der Waals surface area contributed by atoms with E-state index >= 15 is 0 Å². The number of aromatic amines is 1. The summed E-state index contributed by atoms with van der Waals surface area (Å²) in [4.78, 5) is 21.9. The zero-order chi connectivity index (χ0) is 20.1. The van der Waals surface area contributed by atoms with Gasteiger partial charge in [-0.25, -0.2) is 4.52 Å². The Morgan fingerprint density at radius 1 is 1.34 bits per heavy atom. The smallest absolute Gasteiger partial charge is 0.261 e. The second-order valence-corrected chi connectivity index (χ2v) is 8.09. The molecule has 0 fully saturated rings. The van der Waals surface area contributed by atoms with E-state index < -0.39 is 6.23 Å². The molecule has 148 valence electrons. The third-order valence-electron chi connectivity index (χ3n) is 4.61. The molecule has 0 saturated carbocycles. The number of nitrogens with one attached hydrogen (secondary N) is 2. The summed E-state index contributed by atoms with van der Waals surface area (Å²) in [7, 11) is 1.86. The van der Waals surface area contributed by atoms with E-state index in [0.717, 1.165) is 15.3 Å². The SMILES string of the molecule is Cn1cc(-c2cn3nc4c5ncc(NC(O)CCCl)cc5[nH]c(=O)c4c3s2)cn1. The minimum atomic E-state index is -0.786. The molecule has 0 saturated heterocycles. The number of aromatic nitrogens is 6. The van der Waals surface area contributed by atoms with Crippen molar-refractivity contribution in [3.8, 4) is 10.4 Å². The molecule has 5 heterocycles. The minimum Gasteiger partial charge on any atom is -0.374 e. The number of hydrogen-bond donors (Lipinski definition) is 3. The normalized spacial score (nSPS) is 12.9. The zero-order valence-electron chi connectivity index (χ0n) is 15.3. The number of thiazole rings is 1. The standard InChI is InChI=1S/C18H16ClN7O2S/c1-25-7-9(5-21-25)12-8-26-18(29-12)14-16(24-26)15-11(23-17(14)28)4-10(6-20-15)22-13(27)2-3-19/h4-8,13,22,27H,2-3H2,1H3,(H,23,28).